The van der Waals surface area contributed by atoms with Crippen LogP contribution in [-0.4, -0.2) is 41.0 Å². The lowest BCUT2D eigenvalue weighted by Gasteiger charge is -2.23. The van der Waals surface area contributed by atoms with Crippen LogP contribution in [0, 0.1) is 11.8 Å². The number of aromatic nitrogens is 1. The highest BCUT2D eigenvalue weighted by molar-refractivity contribution is 7.13. The number of nitrogens with one attached hydrogen (secondary N) is 1. The molecule has 2 N–H and O–H groups in total. The summed E-state index contributed by atoms with van der Waals surface area (Å²) in [6.45, 7) is 2.53. The van der Waals surface area contributed by atoms with Crippen molar-refractivity contribution in [3.63, 3.8) is 0 Å². The van der Waals surface area contributed by atoms with Gasteiger partial charge in [0.05, 0.1) is 5.69 Å². The van der Waals surface area contributed by atoms with E-state index in [1.165, 1.54) is 11.3 Å². The number of aryl methyl sites for hydroxylation is 1. The second-order valence-electron chi connectivity index (χ2n) is 13.5. The van der Waals surface area contributed by atoms with E-state index in [0.717, 1.165) is 38.7 Å². The van der Waals surface area contributed by atoms with Crippen LogP contribution in [0.15, 0.2) is 139 Å². The number of amides is 1. The molecular formula is C46H44N2O7S. The molecule has 56 heavy (non-hydrogen) atoms. The molecule has 1 aromatic heterocycles. The van der Waals surface area contributed by atoms with Crippen molar-refractivity contribution in [1.29, 1.82) is 0 Å². The monoisotopic (exact) mass is 768 g/mol. The fraction of sp³-hybridized carbons (Fsp3) is 0.217. The maximum absolute atomic E-state index is 13.6. The molecule has 5 aromatic carbocycles. The number of hydrogen-bond donors (Lipinski definition) is 2. The van der Waals surface area contributed by atoms with Gasteiger partial charge in [-0.3, -0.25) is 9.59 Å². The molecule has 6 aromatic rings. The van der Waals surface area contributed by atoms with Crippen LogP contribution in [0.1, 0.15) is 46.1 Å². The third-order valence-corrected chi connectivity index (χ3v) is 10.3. The molecule has 0 bridgehead atoms. The molecule has 10 heteroatoms. The molecular weight excluding hydrogens is 725 g/mol. The number of carbonyl (C=O) groups excluding carboxylic acids is 2. The molecule has 0 saturated heterocycles. The van der Waals surface area contributed by atoms with E-state index < -0.39 is 12.6 Å². The molecule has 1 heterocycles. The van der Waals surface area contributed by atoms with Crippen molar-refractivity contribution < 1.29 is 33.7 Å². The number of aliphatic carboxylic acids is 1. The highest BCUT2D eigenvalue weighted by Gasteiger charge is 2.26. The zero-order valence-corrected chi connectivity index (χ0v) is 32.0. The second-order valence-corrected chi connectivity index (χ2v) is 14.4. The molecule has 286 valence electrons. The maximum atomic E-state index is 13.6. The minimum atomic E-state index is -1.03. The van der Waals surface area contributed by atoms with E-state index >= 15 is 0 Å². The van der Waals surface area contributed by atoms with Crippen LogP contribution in [0.5, 0.6) is 17.2 Å². The van der Waals surface area contributed by atoms with Crippen LogP contribution in [0.25, 0.3) is 10.6 Å². The fourth-order valence-electron chi connectivity index (χ4n) is 6.25. The van der Waals surface area contributed by atoms with Gasteiger partial charge in [0, 0.05) is 29.0 Å². The predicted octanol–water partition coefficient (Wildman–Crippen LogP) is 8.86. The second kappa shape index (κ2) is 19.9. The van der Waals surface area contributed by atoms with E-state index in [1.807, 2.05) is 127 Å². The maximum Gasteiger partial charge on any atom is 0.341 e. The van der Waals surface area contributed by atoms with Gasteiger partial charge in [-0.2, -0.15) is 0 Å². The molecule has 9 nitrogen and oxygen atoms in total. The van der Waals surface area contributed by atoms with Crippen LogP contribution in [0.3, 0.4) is 0 Å². The lowest BCUT2D eigenvalue weighted by Crippen LogP contribution is -2.29. The summed E-state index contributed by atoms with van der Waals surface area (Å²) < 4.78 is 16.9. The summed E-state index contributed by atoms with van der Waals surface area (Å²) in [6.07, 6.45) is 1.88. The van der Waals surface area contributed by atoms with Gasteiger partial charge in [-0.1, -0.05) is 91.9 Å². The molecule has 0 aliphatic carbocycles. The Bertz CT molecular complexity index is 2150. The van der Waals surface area contributed by atoms with Crippen LogP contribution in [0.4, 0.5) is 0 Å². The van der Waals surface area contributed by atoms with Gasteiger partial charge in [0.25, 0.3) is 5.91 Å². The lowest BCUT2D eigenvalue weighted by atomic mass is 9.82. The summed E-state index contributed by atoms with van der Waals surface area (Å²) in [7, 11) is 0. The number of Topliss-reactive ketones (excluding diaryl/α,β-unsaturated/α-hetero) is 1. The van der Waals surface area contributed by atoms with E-state index in [4.69, 9.17) is 24.3 Å². The molecule has 1 unspecified atom stereocenters. The van der Waals surface area contributed by atoms with Gasteiger partial charge in [0.15, 0.2) is 12.4 Å². The van der Waals surface area contributed by atoms with Gasteiger partial charge < -0.3 is 24.6 Å². The predicted molar refractivity (Wildman–Crippen MR) is 217 cm³/mol. The first kappa shape index (κ1) is 39.4. The van der Waals surface area contributed by atoms with Crippen LogP contribution in [-0.2, 0) is 35.6 Å². The largest absolute Gasteiger partial charge is 0.489 e. The quantitative estimate of drug-likeness (QED) is 0.0790. The summed E-state index contributed by atoms with van der Waals surface area (Å²) in [6, 6.07) is 41.7. The van der Waals surface area contributed by atoms with Crippen LogP contribution in [0.2, 0.25) is 0 Å². The van der Waals surface area contributed by atoms with Gasteiger partial charge in [0.2, 0.25) is 0 Å². The number of ether oxygens (including phenoxy) is 3. The Kier molecular flexibility index (Phi) is 14.0. The third-order valence-electron chi connectivity index (χ3n) is 9.36. The van der Waals surface area contributed by atoms with Crippen molar-refractivity contribution in [3.05, 3.63) is 167 Å². The Labute approximate surface area is 330 Å². The summed E-state index contributed by atoms with van der Waals surface area (Å²) in [4.78, 5) is 42.4. The molecule has 1 amide bonds. The van der Waals surface area contributed by atoms with E-state index in [-0.39, 0.29) is 30.1 Å². The van der Waals surface area contributed by atoms with E-state index in [1.54, 1.807) is 12.1 Å². The molecule has 0 radical (unpaired) electrons. The molecule has 0 aliphatic heterocycles. The van der Waals surface area contributed by atoms with Crippen molar-refractivity contribution in [1.82, 2.24) is 10.3 Å². The Morgan fingerprint density at radius 1 is 0.696 bits per heavy atom. The SMILES string of the molecule is C[C@H](Cc1csc(-c2ccc(C(=O)NCc3ccc(COc4ccccc4)cc3)cc2)n1)C(CCc1ccc(OCC(=O)O)cc1)C(=O)COc1ccccc1. The number of nitrogens with zero attached hydrogens (tertiary/aromatic N) is 1. The molecule has 0 fully saturated rings. The number of carboxylic acid groups (broad SMARTS) is 1. The zero-order chi connectivity index (χ0) is 39.1. The number of carbonyl (C=O) groups is 3. The summed E-state index contributed by atoms with van der Waals surface area (Å²) in [5, 5.41) is 14.8. The first-order valence-electron chi connectivity index (χ1n) is 18.5. The summed E-state index contributed by atoms with van der Waals surface area (Å²) >= 11 is 1.54. The Morgan fingerprint density at radius 3 is 1.95 bits per heavy atom. The Balaban J connectivity index is 1.02. The van der Waals surface area contributed by atoms with Crippen molar-refractivity contribution in [2.75, 3.05) is 13.2 Å². The summed E-state index contributed by atoms with van der Waals surface area (Å²) in [5.41, 5.74) is 5.45. The number of ketones is 1. The van der Waals surface area contributed by atoms with Crippen LogP contribution < -0.4 is 19.5 Å². The normalized spacial score (nSPS) is 11.9. The average Bonchev–Trinajstić information content (AvgIpc) is 3.70. The molecule has 0 saturated carbocycles. The Hall–Kier alpha value is -6.26. The molecule has 0 spiro atoms. The molecule has 2 atom stereocenters. The Morgan fingerprint density at radius 2 is 1.29 bits per heavy atom. The highest BCUT2D eigenvalue weighted by atomic mass is 32.1. The number of para-hydroxylation sites is 2. The number of hydrogen-bond acceptors (Lipinski definition) is 8. The van der Waals surface area contributed by atoms with E-state index in [2.05, 4.69) is 12.2 Å². The molecule has 6 rings (SSSR count). The smallest absolute Gasteiger partial charge is 0.341 e. The third kappa shape index (κ3) is 11.9. The van der Waals surface area contributed by atoms with Gasteiger partial charge in [-0.15, -0.1) is 11.3 Å². The van der Waals surface area contributed by atoms with E-state index in [0.29, 0.717) is 49.5 Å². The van der Waals surface area contributed by atoms with Crippen molar-refractivity contribution in [2.24, 2.45) is 11.8 Å². The zero-order valence-electron chi connectivity index (χ0n) is 31.1. The first-order chi connectivity index (χ1) is 27.3. The van der Waals surface area contributed by atoms with Gasteiger partial charge in [-0.25, -0.2) is 9.78 Å². The van der Waals surface area contributed by atoms with Crippen molar-refractivity contribution >= 4 is 29.0 Å². The minimum Gasteiger partial charge on any atom is -0.489 e. The first-order valence-corrected chi connectivity index (χ1v) is 19.4. The standard InChI is InChI=1S/C46H44N2O7S/c1-32(42(43(49)29-54-40-10-6-3-7-11-40)25-18-33-16-23-41(24-17-33)55-30-44(50)51)26-38-31-56-46(48-38)37-21-19-36(20-22-37)45(52)47-27-34-12-14-35(15-13-34)28-53-39-8-4-2-5-9-39/h2-17,19-24,31-32,42H,18,25-30H2,1H3,(H,47,52)(H,50,51)/t32-,42?/m1/s1. The fourth-order valence-corrected chi connectivity index (χ4v) is 7.09. The topological polar surface area (TPSA) is 124 Å². The molecule has 0 aliphatic rings. The van der Waals surface area contributed by atoms with Crippen molar-refractivity contribution in [3.8, 4) is 27.8 Å². The van der Waals surface area contributed by atoms with Crippen molar-refractivity contribution in [2.45, 2.75) is 39.3 Å². The average molecular weight is 769 g/mol. The van der Waals surface area contributed by atoms with Gasteiger partial charge in [0.1, 0.15) is 35.5 Å². The van der Waals surface area contributed by atoms with Gasteiger partial charge >= 0.3 is 5.97 Å². The highest BCUT2D eigenvalue weighted by Crippen LogP contribution is 2.29. The summed E-state index contributed by atoms with van der Waals surface area (Å²) in [5.74, 6) is 0.489. The minimum absolute atomic E-state index is 0.0140. The van der Waals surface area contributed by atoms with Crippen LogP contribution >= 0.6 is 11.3 Å². The van der Waals surface area contributed by atoms with E-state index in [9.17, 15) is 14.4 Å². The number of carboxylic acids is 1. The lowest BCUT2D eigenvalue weighted by molar-refractivity contribution is -0.139. The number of benzene rings is 5. The van der Waals surface area contributed by atoms with Gasteiger partial charge in [-0.05, 0) is 90.4 Å². The number of thiazole rings is 1. The number of rotatable bonds is 20.